The summed E-state index contributed by atoms with van der Waals surface area (Å²) in [5, 5.41) is 15.5. The Bertz CT molecular complexity index is 5160. The van der Waals surface area contributed by atoms with E-state index in [9.17, 15) is 0 Å². The van der Waals surface area contributed by atoms with Crippen LogP contribution in [0.3, 0.4) is 0 Å². The topological polar surface area (TPSA) is 6.48 Å². The van der Waals surface area contributed by atoms with E-state index in [1.807, 2.05) is 0 Å². The molecule has 0 atom stereocenters. The maximum atomic E-state index is 2.62. The van der Waals surface area contributed by atoms with Crippen LogP contribution in [0, 0.1) is 0 Å². The van der Waals surface area contributed by atoms with Gasteiger partial charge in [0.15, 0.2) is 0 Å². The summed E-state index contributed by atoms with van der Waals surface area (Å²) < 4.78 is 0. The van der Waals surface area contributed by atoms with Crippen LogP contribution in [0.15, 0.2) is 243 Å². The van der Waals surface area contributed by atoms with Crippen LogP contribution in [0.2, 0.25) is 0 Å². The Morgan fingerprint density at radius 1 is 0.205 bits per heavy atom. The number of benzene rings is 13. The monoisotopic (exact) mass is 1120 g/mol. The molecular formula is C86H64N2. The Labute approximate surface area is 514 Å². The Hall–Kier alpha value is -10.0. The van der Waals surface area contributed by atoms with Gasteiger partial charge in [-0.25, -0.2) is 0 Å². The number of rotatable bonds is 4. The largest absolute Gasteiger partial charge is 0.309 e. The van der Waals surface area contributed by atoms with E-state index in [-0.39, 0.29) is 21.7 Å². The van der Waals surface area contributed by atoms with Crippen LogP contribution in [0.1, 0.15) is 99.9 Å². The van der Waals surface area contributed by atoms with Gasteiger partial charge in [-0.2, -0.15) is 0 Å². The molecule has 418 valence electrons. The Balaban J connectivity index is 0.914. The highest BCUT2D eigenvalue weighted by atomic mass is 15.2. The van der Waals surface area contributed by atoms with Crippen molar-refractivity contribution in [1.29, 1.82) is 0 Å². The Kier molecular flexibility index (Phi) is 9.65. The van der Waals surface area contributed by atoms with Crippen molar-refractivity contribution in [2.24, 2.45) is 0 Å². The van der Waals surface area contributed by atoms with Gasteiger partial charge in [0.05, 0.1) is 34.1 Å². The standard InChI is InChI=1S/C86H64N2/c1-83(2)61-35-17-15-29-51(61)59-45-73-67(47-65(59)83)85(5,6)63-37-19-21-39-71(63)87(73)69-43-41-57-77-53(69)31-23-33-55(77)79-75(49-25-11-9-12-26-49)82-58-42-44-70(54-32-24-34-56(78(54)58)80(82)76(81(57)79)50-27-13-10-14-28-50)88-72-40-22-20-38-64(72)86(7,8)68-48-66-60(46-74(68)88)52-30-16-18-36-62(52)84(66,3)4/h9-48H,1-8H3. The van der Waals surface area contributed by atoms with Crippen molar-refractivity contribution in [3.63, 3.8) is 0 Å². The maximum absolute atomic E-state index is 2.62. The molecule has 2 heteroatoms. The molecule has 0 bridgehead atoms. The summed E-state index contributed by atoms with van der Waals surface area (Å²) in [6.07, 6.45) is 0. The fourth-order valence-corrected chi connectivity index (χ4v) is 17.9. The summed E-state index contributed by atoms with van der Waals surface area (Å²) in [6, 6.07) is 93.6. The molecule has 19 rings (SSSR count). The van der Waals surface area contributed by atoms with Crippen LogP contribution in [0.4, 0.5) is 34.1 Å². The number of hydrogen-bond acceptors (Lipinski definition) is 2. The van der Waals surface area contributed by atoms with Gasteiger partial charge in [-0.15, -0.1) is 0 Å². The summed E-state index contributed by atoms with van der Waals surface area (Å²) in [6.45, 7) is 19.3. The van der Waals surface area contributed by atoms with Gasteiger partial charge in [-0.05, 0) is 179 Å². The quantitative estimate of drug-likeness (QED) is 0.173. The molecule has 0 N–H and O–H groups in total. The second-order valence-corrected chi connectivity index (χ2v) is 27.8. The zero-order valence-electron chi connectivity index (χ0n) is 51.0. The number of para-hydroxylation sites is 2. The lowest BCUT2D eigenvalue weighted by molar-refractivity contribution is 0.619. The number of nitrogens with zero attached hydrogens (tertiary/aromatic N) is 2. The second-order valence-electron chi connectivity index (χ2n) is 27.8. The Morgan fingerprint density at radius 2 is 0.534 bits per heavy atom. The number of anilines is 6. The molecule has 2 aliphatic heterocycles. The van der Waals surface area contributed by atoms with E-state index in [0.717, 1.165) is 0 Å². The SMILES string of the molecule is CC1(C)c2ccccc2-c2cc3c(cc21)C(C)(C)c1ccccc1N3c1ccc2c3c(-c4ccccc4)c4c5cccc6c(N7c8ccccc8C(C)(C)c8cc9c(cc87)-c7ccccc7C9(C)C)ccc(c4c(-c4ccccc4)c3c3cccc1c32)c65. The second kappa shape index (κ2) is 16.9. The third-order valence-electron chi connectivity index (χ3n) is 22.1. The van der Waals surface area contributed by atoms with Crippen molar-refractivity contribution in [3.05, 3.63) is 287 Å². The molecule has 0 amide bonds. The van der Waals surface area contributed by atoms with Crippen molar-refractivity contribution in [2.75, 3.05) is 9.80 Å². The van der Waals surface area contributed by atoms with Crippen LogP contribution in [0.25, 0.3) is 109 Å². The molecule has 88 heavy (non-hydrogen) atoms. The summed E-state index contributed by atoms with van der Waals surface area (Å²) in [5.74, 6) is 0. The molecule has 0 saturated carbocycles. The lowest BCUT2D eigenvalue weighted by atomic mass is 9.71. The minimum atomic E-state index is -0.243. The molecule has 0 fully saturated rings. The highest BCUT2D eigenvalue weighted by molar-refractivity contribution is 6.47. The van der Waals surface area contributed by atoms with Crippen molar-refractivity contribution in [2.45, 2.75) is 77.0 Å². The van der Waals surface area contributed by atoms with E-state index in [4.69, 9.17) is 0 Å². The third kappa shape index (κ3) is 6.13. The molecule has 2 aliphatic carbocycles. The van der Waals surface area contributed by atoms with Gasteiger partial charge in [-0.1, -0.05) is 262 Å². The lowest BCUT2D eigenvalue weighted by Gasteiger charge is -2.43. The molecule has 0 radical (unpaired) electrons. The first-order chi connectivity index (χ1) is 42.7. The Morgan fingerprint density at radius 3 is 0.943 bits per heavy atom. The van der Waals surface area contributed by atoms with Gasteiger partial charge in [0.2, 0.25) is 0 Å². The van der Waals surface area contributed by atoms with Gasteiger partial charge in [0.1, 0.15) is 0 Å². The lowest BCUT2D eigenvalue weighted by Crippen LogP contribution is -2.31. The van der Waals surface area contributed by atoms with E-state index >= 15 is 0 Å². The fourth-order valence-electron chi connectivity index (χ4n) is 17.9. The van der Waals surface area contributed by atoms with Gasteiger partial charge >= 0.3 is 0 Å². The van der Waals surface area contributed by atoms with E-state index in [1.54, 1.807) is 0 Å². The zero-order valence-corrected chi connectivity index (χ0v) is 51.0. The van der Waals surface area contributed by atoms with Crippen molar-refractivity contribution in [1.82, 2.24) is 0 Å². The fraction of sp³-hybridized carbons (Fsp3) is 0.140. The zero-order chi connectivity index (χ0) is 59.1. The van der Waals surface area contributed by atoms with Crippen LogP contribution >= 0.6 is 0 Å². The van der Waals surface area contributed by atoms with E-state index < -0.39 is 0 Å². The molecule has 0 aromatic heterocycles. The smallest absolute Gasteiger partial charge is 0.0540 e. The first kappa shape index (κ1) is 50.2. The predicted octanol–water partition coefficient (Wildman–Crippen LogP) is 23.6. The molecular weight excluding hydrogens is 1060 g/mol. The highest BCUT2D eigenvalue weighted by Gasteiger charge is 2.45. The molecule has 4 aliphatic rings. The number of fused-ring (bicyclic) bond motifs is 16. The van der Waals surface area contributed by atoms with Gasteiger partial charge in [0.25, 0.3) is 0 Å². The van der Waals surface area contributed by atoms with Gasteiger partial charge in [-0.3, -0.25) is 0 Å². The maximum Gasteiger partial charge on any atom is 0.0540 e. The minimum Gasteiger partial charge on any atom is -0.309 e. The summed E-state index contributed by atoms with van der Waals surface area (Å²) in [5.41, 5.74) is 28.0. The molecule has 0 saturated heterocycles. The predicted molar refractivity (Wildman–Crippen MR) is 373 cm³/mol. The third-order valence-corrected chi connectivity index (χ3v) is 22.1. The normalized spacial score (nSPS) is 16.0. The van der Waals surface area contributed by atoms with Gasteiger partial charge in [0, 0.05) is 32.4 Å². The summed E-state index contributed by atoms with van der Waals surface area (Å²) in [7, 11) is 0. The van der Waals surface area contributed by atoms with Gasteiger partial charge < -0.3 is 9.80 Å². The van der Waals surface area contributed by atoms with E-state index in [0.29, 0.717) is 0 Å². The molecule has 15 aromatic rings. The molecule has 0 spiro atoms. The van der Waals surface area contributed by atoms with Crippen molar-refractivity contribution in [3.8, 4) is 44.5 Å². The summed E-state index contributed by atoms with van der Waals surface area (Å²) >= 11 is 0. The van der Waals surface area contributed by atoms with Crippen LogP contribution in [-0.4, -0.2) is 0 Å². The van der Waals surface area contributed by atoms with Crippen molar-refractivity contribution < 1.29 is 0 Å². The first-order valence-electron chi connectivity index (χ1n) is 31.6. The molecule has 2 heterocycles. The minimum absolute atomic E-state index is 0.122. The number of hydrogen-bond donors (Lipinski definition) is 0. The first-order valence-corrected chi connectivity index (χ1v) is 31.6. The van der Waals surface area contributed by atoms with Crippen LogP contribution < -0.4 is 9.80 Å². The molecule has 15 aromatic carbocycles. The van der Waals surface area contributed by atoms with E-state index in [1.165, 1.54) is 188 Å². The van der Waals surface area contributed by atoms with Crippen LogP contribution in [0.5, 0.6) is 0 Å². The average molecular weight is 1130 g/mol. The molecule has 2 nitrogen and oxygen atoms in total. The van der Waals surface area contributed by atoms with E-state index in [2.05, 4.69) is 308 Å². The van der Waals surface area contributed by atoms with Crippen molar-refractivity contribution >= 4 is 98.8 Å². The summed E-state index contributed by atoms with van der Waals surface area (Å²) in [4.78, 5) is 5.24. The average Bonchev–Trinajstić information content (AvgIpc) is 1.49. The van der Waals surface area contributed by atoms with Crippen LogP contribution in [-0.2, 0) is 21.7 Å². The molecule has 0 unspecified atom stereocenters. The highest BCUT2D eigenvalue weighted by Crippen LogP contribution is 2.63.